The largest absolute Gasteiger partial charge is 0.364 e. The Morgan fingerprint density at radius 2 is 2.11 bits per heavy atom. The predicted octanol–water partition coefficient (Wildman–Crippen LogP) is 0.681. The van der Waals surface area contributed by atoms with Crippen molar-refractivity contribution in [2.24, 2.45) is 0 Å². The van der Waals surface area contributed by atoms with Crippen molar-refractivity contribution in [1.82, 2.24) is 15.2 Å². The Morgan fingerprint density at radius 3 is 2.68 bits per heavy atom. The Kier molecular flexibility index (Phi) is 3.62. The zero-order valence-corrected chi connectivity index (χ0v) is 12.2. The lowest BCUT2D eigenvalue weighted by molar-refractivity contribution is 0.602. The van der Waals surface area contributed by atoms with Gasteiger partial charge in [-0.15, -0.1) is 5.10 Å². The van der Waals surface area contributed by atoms with Gasteiger partial charge in [0.1, 0.15) is 0 Å². The van der Waals surface area contributed by atoms with E-state index in [1.807, 2.05) is 20.8 Å². The molecular weight excluding hydrogens is 266 g/mol. The molecular formula is C11H19N5O2S. The van der Waals surface area contributed by atoms with Gasteiger partial charge in [-0.05, 0) is 27.2 Å². The van der Waals surface area contributed by atoms with E-state index < -0.39 is 9.84 Å². The van der Waals surface area contributed by atoms with Crippen LogP contribution >= 0.6 is 0 Å². The summed E-state index contributed by atoms with van der Waals surface area (Å²) in [7, 11) is -2.91. The highest BCUT2D eigenvalue weighted by Gasteiger charge is 2.28. The summed E-state index contributed by atoms with van der Waals surface area (Å²) in [5, 5.41) is 13.9. The predicted molar refractivity (Wildman–Crippen MR) is 73.9 cm³/mol. The maximum atomic E-state index is 11.4. The van der Waals surface area contributed by atoms with E-state index in [0.717, 1.165) is 0 Å². The second-order valence-corrected chi connectivity index (χ2v) is 8.01. The zero-order valence-electron chi connectivity index (χ0n) is 11.3. The summed E-state index contributed by atoms with van der Waals surface area (Å²) < 4.78 is 22.8. The van der Waals surface area contributed by atoms with Gasteiger partial charge in [0.25, 0.3) is 0 Å². The van der Waals surface area contributed by atoms with E-state index in [9.17, 15) is 8.42 Å². The standard InChI is InChI=1S/C11H19N5O2S/c1-11(2,3)15-9-6-12-16-10(14-9)13-8-4-5-19(17,18)7-8/h6,8H,4-5,7H2,1-3H3,(H2,13,14,15,16). The first-order chi connectivity index (χ1) is 8.73. The fraction of sp³-hybridized carbons (Fsp3) is 0.727. The van der Waals surface area contributed by atoms with Gasteiger partial charge in [0.15, 0.2) is 15.7 Å². The quantitative estimate of drug-likeness (QED) is 0.843. The Bertz CT molecular complexity index is 552. The van der Waals surface area contributed by atoms with Crippen LogP contribution in [0.25, 0.3) is 0 Å². The maximum absolute atomic E-state index is 11.4. The topological polar surface area (TPSA) is 96.9 Å². The summed E-state index contributed by atoms with van der Waals surface area (Å²) in [6.45, 7) is 6.06. The van der Waals surface area contributed by atoms with Crippen LogP contribution in [0.1, 0.15) is 27.2 Å². The number of aromatic nitrogens is 3. The highest BCUT2D eigenvalue weighted by atomic mass is 32.2. The van der Waals surface area contributed by atoms with Crippen molar-refractivity contribution in [3.63, 3.8) is 0 Å². The van der Waals surface area contributed by atoms with Crippen molar-refractivity contribution in [1.29, 1.82) is 0 Å². The zero-order chi connectivity index (χ0) is 14.1. The number of rotatable bonds is 3. The molecule has 1 aliphatic rings. The first kappa shape index (κ1) is 14.0. The second-order valence-electron chi connectivity index (χ2n) is 5.78. The van der Waals surface area contributed by atoms with Gasteiger partial charge in [-0.2, -0.15) is 10.1 Å². The van der Waals surface area contributed by atoms with E-state index in [1.165, 1.54) is 0 Å². The number of anilines is 2. The number of hydrogen-bond acceptors (Lipinski definition) is 7. The molecule has 1 saturated heterocycles. The van der Waals surface area contributed by atoms with Gasteiger partial charge in [0.05, 0.1) is 17.7 Å². The molecule has 106 valence electrons. The monoisotopic (exact) mass is 285 g/mol. The third kappa shape index (κ3) is 4.30. The average molecular weight is 285 g/mol. The SMILES string of the molecule is CC(C)(C)Nc1cnnc(NC2CCS(=O)(=O)C2)n1. The summed E-state index contributed by atoms with van der Waals surface area (Å²) in [5.41, 5.74) is -0.121. The molecule has 0 aliphatic carbocycles. The summed E-state index contributed by atoms with van der Waals surface area (Å²) >= 11 is 0. The smallest absolute Gasteiger partial charge is 0.244 e. The molecule has 0 spiro atoms. The number of hydrogen-bond donors (Lipinski definition) is 2. The van der Waals surface area contributed by atoms with Crippen molar-refractivity contribution >= 4 is 21.6 Å². The van der Waals surface area contributed by atoms with Gasteiger partial charge in [0, 0.05) is 11.6 Å². The Balaban J connectivity index is 2.04. The van der Waals surface area contributed by atoms with Crippen LogP contribution in [-0.4, -0.2) is 46.7 Å². The van der Waals surface area contributed by atoms with Crippen LogP contribution in [0.3, 0.4) is 0 Å². The molecule has 2 heterocycles. The molecule has 1 aromatic rings. The lowest BCUT2D eigenvalue weighted by atomic mass is 10.1. The third-order valence-corrected chi connectivity index (χ3v) is 4.40. The van der Waals surface area contributed by atoms with Crippen molar-refractivity contribution in [3.8, 4) is 0 Å². The van der Waals surface area contributed by atoms with E-state index in [2.05, 4.69) is 25.8 Å². The highest BCUT2D eigenvalue weighted by molar-refractivity contribution is 7.91. The van der Waals surface area contributed by atoms with Crippen LogP contribution in [0.5, 0.6) is 0 Å². The first-order valence-electron chi connectivity index (χ1n) is 6.18. The normalized spacial score (nSPS) is 22.2. The summed E-state index contributed by atoms with van der Waals surface area (Å²) in [6, 6.07) is -0.128. The van der Waals surface area contributed by atoms with Gasteiger partial charge in [-0.3, -0.25) is 0 Å². The first-order valence-corrected chi connectivity index (χ1v) is 8.00. The van der Waals surface area contributed by atoms with Crippen LogP contribution in [-0.2, 0) is 9.84 Å². The summed E-state index contributed by atoms with van der Waals surface area (Å²) in [6.07, 6.45) is 2.13. The van der Waals surface area contributed by atoms with Gasteiger partial charge in [-0.25, -0.2) is 8.42 Å². The number of nitrogens with zero attached hydrogens (tertiary/aromatic N) is 3. The molecule has 2 N–H and O–H groups in total. The molecule has 1 aromatic heterocycles. The molecule has 0 bridgehead atoms. The van der Waals surface area contributed by atoms with Crippen LogP contribution in [0.2, 0.25) is 0 Å². The maximum Gasteiger partial charge on any atom is 0.244 e. The number of nitrogens with one attached hydrogen (secondary N) is 2. The fourth-order valence-corrected chi connectivity index (χ4v) is 3.57. The molecule has 0 saturated carbocycles. The summed E-state index contributed by atoms with van der Waals surface area (Å²) in [5.74, 6) is 1.33. The molecule has 19 heavy (non-hydrogen) atoms. The minimum atomic E-state index is -2.91. The minimum Gasteiger partial charge on any atom is -0.364 e. The van der Waals surface area contributed by atoms with E-state index in [4.69, 9.17) is 0 Å². The molecule has 0 amide bonds. The van der Waals surface area contributed by atoms with Crippen molar-refractivity contribution in [2.75, 3.05) is 22.1 Å². The summed E-state index contributed by atoms with van der Waals surface area (Å²) in [4.78, 5) is 4.28. The Labute approximate surface area is 113 Å². The average Bonchev–Trinajstić information content (AvgIpc) is 2.56. The van der Waals surface area contributed by atoms with Crippen LogP contribution in [0.15, 0.2) is 6.20 Å². The highest BCUT2D eigenvalue weighted by Crippen LogP contribution is 2.16. The number of sulfone groups is 1. The van der Waals surface area contributed by atoms with E-state index in [0.29, 0.717) is 18.2 Å². The molecule has 1 aliphatic heterocycles. The van der Waals surface area contributed by atoms with Gasteiger partial charge in [-0.1, -0.05) is 0 Å². The molecule has 0 aromatic carbocycles. The van der Waals surface area contributed by atoms with E-state index in [-0.39, 0.29) is 23.1 Å². The van der Waals surface area contributed by atoms with Gasteiger partial charge >= 0.3 is 0 Å². The molecule has 1 unspecified atom stereocenters. The molecule has 1 atom stereocenters. The molecule has 8 heteroatoms. The van der Waals surface area contributed by atoms with Crippen LogP contribution in [0, 0.1) is 0 Å². The van der Waals surface area contributed by atoms with E-state index in [1.54, 1.807) is 6.20 Å². The third-order valence-electron chi connectivity index (χ3n) is 2.63. The minimum absolute atomic E-state index is 0.121. The van der Waals surface area contributed by atoms with Crippen molar-refractivity contribution in [2.45, 2.75) is 38.8 Å². The molecule has 7 nitrogen and oxygen atoms in total. The van der Waals surface area contributed by atoms with Crippen molar-refractivity contribution < 1.29 is 8.42 Å². The van der Waals surface area contributed by atoms with Gasteiger partial charge in [0.2, 0.25) is 5.95 Å². The molecule has 0 radical (unpaired) electrons. The van der Waals surface area contributed by atoms with Crippen LogP contribution < -0.4 is 10.6 Å². The van der Waals surface area contributed by atoms with Crippen LogP contribution in [0.4, 0.5) is 11.8 Å². The fourth-order valence-electron chi connectivity index (χ4n) is 1.90. The van der Waals surface area contributed by atoms with Gasteiger partial charge < -0.3 is 10.6 Å². The second kappa shape index (κ2) is 4.92. The van der Waals surface area contributed by atoms with E-state index >= 15 is 0 Å². The Hall–Kier alpha value is -1.44. The lowest BCUT2D eigenvalue weighted by Crippen LogP contribution is -2.27. The Morgan fingerprint density at radius 1 is 1.37 bits per heavy atom. The molecule has 1 fully saturated rings. The molecule has 2 rings (SSSR count). The van der Waals surface area contributed by atoms with Crippen molar-refractivity contribution in [3.05, 3.63) is 6.20 Å². The lowest BCUT2D eigenvalue weighted by Gasteiger charge is -2.21.